The molecule has 0 bridgehead atoms. The summed E-state index contributed by atoms with van der Waals surface area (Å²) in [4.78, 5) is 27.6. The van der Waals surface area contributed by atoms with Crippen LogP contribution in [-0.2, 0) is 4.79 Å². The van der Waals surface area contributed by atoms with Gasteiger partial charge in [-0.2, -0.15) is 0 Å². The monoisotopic (exact) mass is 333 g/mol. The topological polar surface area (TPSA) is 71.0 Å². The minimum Gasteiger partial charge on any atom is -0.355 e. The number of fused-ring (bicyclic) bond motifs is 1. The molecule has 1 saturated heterocycles. The average Bonchev–Trinajstić information content (AvgIpc) is 2.69. The number of rotatable bonds is 3. The van der Waals surface area contributed by atoms with Crippen LogP contribution in [0, 0.1) is 5.92 Å². The predicted octanol–water partition coefficient (Wildman–Crippen LogP) is 2.88. The summed E-state index contributed by atoms with van der Waals surface area (Å²) in [5.74, 6) is 0.969. The Morgan fingerprint density at radius 1 is 1.04 bits per heavy atom. The van der Waals surface area contributed by atoms with Crippen LogP contribution in [0.1, 0.15) is 12.8 Å². The second-order valence-electron chi connectivity index (χ2n) is 6.19. The van der Waals surface area contributed by atoms with E-state index in [1.165, 1.54) is 0 Å². The van der Waals surface area contributed by atoms with Crippen molar-refractivity contribution >= 4 is 28.3 Å². The molecule has 0 radical (unpaired) electrons. The summed E-state index contributed by atoms with van der Waals surface area (Å²) in [6, 6.07) is 9.66. The SMILES string of the molecule is O=C(Nc1cccc2ncccc12)C1CCN(c2cnccn2)CC1. The highest BCUT2D eigenvalue weighted by molar-refractivity contribution is 6.01. The highest BCUT2D eigenvalue weighted by atomic mass is 16.1. The van der Waals surface area contributed by atoms with Gasteiger partial charge in [0, 0.05) is 43.0 Å². The first-order chi connectivity index (χ1) is 12.3. The van der Waals surface area contributed by atoms with Gasteiger partial charge in [-0.3, -0.25) is 14.8 Å². The highest BCUT2D eigenvalue weighted by Gasteiger charge is 2.26. The number of piperidine rings is 1. The first kappa shape index (κ1) is 15.5. The highest BCUT2D eigenvalue weighted by Crippen LogP contribution is 2.25. The summed E-state index contributed by atoms with van der Waals surface area (Å²) < 4.78 is 0. The van der Waals surface area contributed by atoms with E-state index in [1.807, 2.05) is 30.3 Å². The van der Waals surface area contributed by atoms with Crippen molar-refractivity contribution in [2.75, 3.05) is 23.3 Å². The third-order valence-electron chi connectivity index (χ3n) is 4.64. The van der Waals surface area contributed by atoms with Gasteiger partial charge in [0.2, 0.25) is 5.91 Å². The number of benzene rings is 1. The molecule has 3 aromatic rings. The van der Waals surface area contributed by atoms with Gasteiger partial charge in [-0.25, -0.2) is 4.98 Å². The zero-order valence-electron chi connectivity index (χ0n) is 13.8. The second kappa shape index (κ2) is 6.84. The molecule has 0 atom stereocenters. The van der Waals surface area contributed by atoms with Gasteiger partial charge in [-0.1, -0.05) is 6.07 Å². The number of nitrogens with one attached hydrogen (secondary N) is 1. The van der Waals surface area contributed by atoms with Crippen LogP contribution in [0.4, 0.5) is 11.5 Å². The molecule has 25 heavy (non-hydrogen) atoms. The first-order valence-electron chi connectivity index (χ1n) is 8.47. The summed E-state index contributed by atoms with van der Waals surface area (Å²) in [6.07, 6.45) is 8.52. The van der Waals surface area contributed by atoms with Crippen molar-refractivity contribution < 1.29 is 4.79 Å². The van der Waals surface area contributed by atoms with E-state index in [4.69, 9.17) is 0 Å². The smallest absolute Gasteiger partial charge is 0.227 e. The van der Waals surface area contributed by atoms with E-state index in [0.29, 0.717) is 0 Å². The minimum atomic E-state index is 0.0137. The number of carbonyl (C=O) groups is 1. The van der Waals surface area contributed by atoms with E-state index in [9.17, 15) is 4.79 Å². The Balaban J connectivity index is 1.42. The van der Waals surface area contributed by atoms with E-state index in [0.717, 1.165) is 48.3 Å². The molecule has 6 heteroatoms. The molecule has 0 spiro atoms. The fourth-order valence-corrected chi connectivity index (χ4v) is 3.27. The fraction of sp³-hybridized carbons (Fsp3) is 0.263. The number of nitrogens with zero attached hydrogens (tertiary/aromatic N) is 4. The summed E-state index contributed by atoms with van der Waals surface area (Å²) in [5.41, 5.74) is 1.71. The number of amides is 1. The van der Waals surface area contributed by atoms with Crippen LogP contribution in [0.2, 0.25) is 0 Å². The molecule has 6 nitrogen and oxygen atoms in total. The van der Waals surface area contributed by atoms with Crippen LogP contribution in [0.3, 0.4) is 0 Å². The lowest BCUT2D eigenvalue weighted by atomic mass is 9.95. The maximum atomic E-state index is 12.7. The van der Waals surface area contributed by atoms with E-state index in [1.54, 1.807) is 24.8 Å². The molecule has 1 aromatic carbocycles. The van der Waals surface area contributed by atoms with Crippen LogP contribution in [0.25, 0.3) is 10.9 Å². The van der Waals surface area contributed by atoms with E-state index in [2.05, 4.69) is 25.2 Å². The minimum absolute atomic E-state index is 0.0137. The van der Waals surface area contributed by atoms with Crippen LogP contribution in [0.15, 0.2) is 55.1 Å². The van der Waals surface area contributed by atoms with Crippen molar-refractivity contribution in [1.29, 1.82) is 0 Å². The number of anilines is 2. The summed E-state index contributed by atoms with van der Waals surface area (Å²) in [5, 5.41) is 4.05. The zero-order chi connectivity index (χ0) is 17.1. The lowest BCUT2D eigenvalue weighted by Crippen LogP contribution is -2.38. The quantitative estimate of drug-likeness (QED) is 0.798. The van der Waals surface area contributed by atoms with Crippen LogP contribution >= 0.6 is 0 Å². The molecule has 0 saturated carbocycles. The molecule has 0 aliphatic carbocycles. The number of hydrogen-bond acceptors (Lipinski definition) is 5. The lowest BCUT2D eigenvalue weighted by Gasteiger charge is -2.31. The van der Waals surface area contributed by atoms with Crippen molar-refractivity contribution in [2.24, 2.45) is 5.92 Å². The van der Waals surface area contributed by atoms with Crippen LogP contribution in [0.5, 0.6) is 0 Å². The van der Waals surface area contributed by atoms with E-state index < -0.39 is 0 Å². The first-order valence-corrected chi connectivity index (χ1v) is 8.47. The maximum Gasteiger partial charge on any atom is 0.227 e. The van der Waals surface area contributed by atoms with Gasteiger partial charge >= 0.3 is 0 Å². The molecule has 2 aromatic heterocycles. The Kier molecular flexibility index (Phi) is 4.24. The summed E-state index contributed by atoms with van der Waals surface area (Å²) >= 11 is 0. The molecule has 1 N–H and O–H groups in total. The molecule has 0 unspecified atom stereocenters. The van der Waals surface area contributed by atoms with Crippen molar-refractivity contribution in [3.63, 3.8) is 0 Å². The molecular formula is C19H19N5O. The van der Waals surface area contributed by atoms with Gasteiger partial charge in [-0.05, 0) is 37.1 Å². The van der Waals surface area contributed by atoms with Gasteiger partial charge < -0.3 is 10.2 Å². The van der Waals surface area contributed by atoms with Gasteiger partial charge in [-0.15, -0.1) is 0 Å². The van der Waals surface area contributed by atoms with E-state index in [-0.39, 0.29) is 11.8 Å². The Morgan fingerprint density at radius 2 is 1.92 bits per heavy atom. The van der Waals surface area contributed by atoms with Crippen LogP contribution in [-0.4, -0.2) is 33.9 Å². The number of aromatic nitrogens is 3. The number of carbonyl (C=O) groups excluding carboxylic acids is 1. The molecule has 4 rings (SSSR count). The standard InChI is InChI=1S/C19H19N5O/c25-19(23-17-5-1-4-16-15(17)3-2-8-21-16)14-6-11-24(12-7-14)18-13-20-9-10-22-18/h1-5,8-10,13-14H,6-7,11-12H2,(H,23,25). The molecule has 1 fully saturated rings. The van der Waals surface area contributed by atoms with E-state index >= 15 is 0 Å². The largest absolute Gasteiger partial charge is 0.355 e. The van der Waals surface area contributed by atoms with Crippen LogP contribution < -0.4 is 10.2 Å². The number of hydrogen-bond donors (Lipinski definition) is 1. The average molecular weight is 333 g/mol. The van der Waals surface area contributed by atoms with Crippen molar-refractivity contribution in [3.05, 3.63) is 55.1 Å². The van der Waals surface area contributed by atoms with Gasteiger partial charge in [0.15, 0.2) is 0 Å². The lowest BCUT2D eigenvalue weighted by molar-refractivity contribution is -0.120. The number of pyridine rings is 1. The molecule has 1 amide bonds. The van der Waals surface area contributed by atoms with Gasteiger partial charge in [0.05, 0.1) is 17.4 Å². The molecule has 1 aliphatic rings. The third kappa shape index (κ3) is 3.28. The Morgan fingerprint density at radius 3 is 2.72 bits per heavy atom. The van der Waals surface area contributed by atoms with Crippen molar-refractivity contribution in [1.82, 2.24) is 15.0 Å². The molecular weight excluding hydrogens is 314 g/mol. The maximum absolute atomic E-state index is 12.7. The Labute approximate surface area is 145 Å². The third-order valence-corrected chi connectivity index (χ3v) is 4.64. The second-order valence-corrected chi connectivity index (χ2v) is 6.19. The Bertz CT molecular complexity index is 870. The van der Waals surface area contributed by atoms with Crippen molar-refractivity contribution in [3.8, 4) is 0 Å². The van der Waals surface area contributed by atoms with Gasteiger partial charge in [0.25, 0.3) is 0 Å². The summed E-state index contributed by atoms with van der Waals surface area (Å²) in [7, 11) is 0. The van der Waals surface area contributed by atoms with Gasteiger partial charge in [0.1, 0.15) is 5.82 Å². The zero-order valence-corrected chi connectivity index (χ0v) is 13.8. The van der Waals surface area contributed by atoms with Crippen molar-refractivity contribution in [2.45, 2.75) is 12.8 Å². The summed E-state index contributed by atoms with van der Waals surface area (Å²) in [6.45, 7) is 1.63. The Hall–Kier alpha value is -3.02. The predicted molar refractivity (Wildman–Crippen MR) is 97.3 cm³/mol. The fourth-order valence-electron chi connectivity index (χ4n) is 3.27. The molecule has 126 valence electrons. The normalized spacial score (nSPS) is 15.3. The molecule has 1 aliphatic heterocycles. The molecule has 3 heterocycles.